The summed E-state index contributed by atoms with van der Waals surface area (Å²) in [6.07, 6.45) is 10.4. The van der Waals surface area contributed by atoms with Gasteiger partial charge < -0.3 is 9.53 Å². The molecule has 2 aliphatic heterocycles. The number of imide groups is 2. The van der Waals surface area contributed by atoms with E-state index in [9.17, 15) is 19.2 Å². The summed E-state index contributed by atoms with van der Waals surface area (Å²) in [4.78, 5) is 47.2. The molecule has 0 saturated heterocycles. The fourth-order valence-corrected chi connectivity index (χ4v) is 4.04. The first-order valence-electron chi connectivity index (χ1n) is 11.7. The first-order valence-corrected chi connectivity index (χ1v) is 14.6. The van der Waals surface area contributed by atoms with Gasteiger partial charge >= 0.3 is 0 Å². The zero-order chi connectivity index (χ0) is 25.1. The van der Waals surface area contributed by atoms with Crippen LogP contribution in [0.2, 0.25) is 18.1 Å². The van der Waals surface area contributed by atoms with Crippen LogP contribution in [0.3, 0.4) is 0 Å². The molecular weight excluding hydrogens is 440 g/mol. The Bertz CT molecular complexity index is 719. The van der Waals surface area contributed by atoms with Crippen LogP contribution in [0.1, 0.15) is 59.3 Å². The van der Waals surface area contributed by atoms with Crippen molar-refractivity contribution in [3.05, 3.63) is 24.3 Å². The van der Waals surface area contributed by atoms with Crippen LogP contribution in [0.4, 0.5) is 0 Å². The number of aliphatic hydroxyl groups is 1. The summed E-state index contributed by atoms with van der Waals surface area (Å²) in [5.41, 5.74) is 0. The smallest absolute Gasteiger partial charge is 0.253 e. The lowest BCUT2D eigenvalue weighted by molar-refractivity contribution is -0.138. The van der Waals surface area contributed by atoms with Crippen LogP contribution in [0, 0.1) is 0 Å². The fraction of sp³-hybridized carbons (Fsp3) is 0.667. The Kier molecular flexibility index (Phi) is 11.9. The van der Waals surface area contributed by atoms with E-state index in [0.29, 0.717) is 13.1 Å². The lowest BCUT2D eigenvalue weighted by Crippen LogP contribution is -2.41. The second-order valence-corrected chi connectivity index (χ2v) is 14.6. The van der Waals surface area contributed by atoms with Crippen molar-refractivity contribution in [2.24, 2.45) is 0 Å². The van der Waals surface area contributed by atoms with Gasteiger partial charge in [-0.1, -0.05) is 20.8 Å². The van der Waals surface area contributed by atoms with E-state index in [0.717, 1.165) is 45.1 Å². The van der Waals surface area contributed by atoms with Gasteiger partial charge in [-0.05, 0) is 56.7 Å². The minimum atomic E-state index is -1.64. The molecule has 0 unspecified atom stereocenters. The summed E-state index contributed by atoms with van der Waals surface area (Å²) in [6.45, 7) is 13.1. The van der Waals surface area contributed by atoms with Gasteiger partial charge in [0.2, 0.25) is 0 Å². The number of carbonyl (C=O) groups excluding carboxylic acids is 4. The lowest BCUT2D eigenvalue weighted by Gasteiger charge is -2.36. The van der Waals surface area contributed by atoms with Crippen LogP contribution in [0.15, 0.2) is 24.3 Å². The molecule has 0 spiro atoms. The van der Waals surface area contributed by atoms with E-state index < -0.39 is 8.32 Å². The maximum absolute atomic E-state index is 11.3. The van der Waals surface area contributed by atoms with Crippen molar-refractivity contribution in [1.29, 1.82) is 0 Å². The number of hydrogen-bond acceptors (Lipinski definition) is 6. The largest absolute Gasteiger partial charge is 0.417 e. The molecule has 0 fully saturated rings. The van der Waals surface area contributed by atoms with Crippen LogP contribution >= 0.6 is 0 Å². The standard InChI is InChI=1S/C15H27NO3Si.C9H13NO3/c1-15(2,3)20(4,5)19-12-8-6-7-11-16-13(17)9-10-14(16)18;11-7-3-1-2-6-10-8(12)4-5-9(10)13/h9-10H,6-8,11-12H2,1-5H3;4-5,11H,1-3,6-7H2. The third-order valence-corrected chi connectivity index (χ3v) is 10.7. The van der Waals surface area contributed by atoms with Crippen LogP contribution < -0.4 is 0 Å². The maximum Gasteiger partial charge on any atom is 0.253 e. The Hall–Kier alpha value is -2.10. The third kappa shape index (κ3) is 9.73. The quantitative estimate of drug-likeness (QED) is 0.261. The van der Waals surface area contributed by atoms with Crippen molar-refractivity contribution < 1.29 is 28.7 Å². The predicted molar refractivity (Wildman–Crippen MR) is 130 cm³/mol. The molecule has 8 nitrogen and oxygen atoms in total. The third-order valence-electron chi connectivity index (χ3n) is 6.14. The number of unbranched alkanes of at least 4 members (excludes halogenated alkanes) is 4. The van der Waals surface area contributed by atoms with E-state index in [-0.39, 0.29) is 35.3 Å². The normalized spacial score (nSPS) is 16.2. The van der Waals surface area contributed by atoms with E-state index in [1.54, 1.807) is 0 Å². The highest BCUT2D eigenvalue weighted by molar-refractivity contribution is 6.74. The molecule has 2 aliphatic rings. The van der Waals surface area contributed by atoms with Gasteiger partial charge in [0.05, 0.1) is 0 Å². The van der Waals surface area contributed by atoms with Crippen molar-refractivity contribution in [3.8, 4) is 0 Å². The molecule has 0 radical (unpaired) electrons. The SMILES string of the molecule is CC(C)(C)[Si](C)(C)OCCCCCN1C(=O)C=CC1=O.O=C1C=CC(=O)N1CCCCCO. The zero-order valence-corrected chi connectivity index (χ0v) is 21.8. The number of rotatable bonds is 12. The van der Waals surface area contributed by atoms with Crippen LogP contribution in [0.25, 0.3) is 0 Å². The fourth-order valence-electron chi connectivity index (χ4n) is 2.95. The predicted octanol–water partition coefficient (Wildman–Crippen LogP) is 3.18. The van der Waals surface area contributed by atoms with Crippen molar-refractivity contribution in [2.45, 2.75) is 77.4 Å². The molecule has 0 aliphatic carbocycles. The van der Waals surface area contributed by atoms with Crippen molar-refractivity contribution >= 4 is 31.9 Å². The van der Waals surface area contributed by atoms with Crippen molar-refractivity contribution in [2.75, 3.05) is 26.3 Å². The van der Waals surface area contributed by atoms with Crippen molar-refractivity contribution in [3.63, 3.8) is 0 Å². The second kappa shape index (κ2) is 13.6. The Morgan fingerprint density at radius 2 is 1.12 bits per heavy atom. The first-order chi connectivity index (χ1) is 15.4. The number of aliphatic hydroxyl groups excluding tert-OH is 1. The number of nitrogens with zero attached hydrogens (tertiary/aromatic N) is 2. The Morgan fingerprint density at radius 3 is 1.48 bits per heavy atom. The molecule has 0 bridgehead atoms. The molecule has 0 saturated carbocycles. The highest BCUT2D eigenvalue weighted by Gasteiger charge is 2.36. The van der Waals surface area contributed by atoms with Gasteiger partial charge in [-0.2, -0.15) is 0 Å². The first kappa shape index (κ1) is 28.9. The van der Waals surface area contributed by atoms with Gasteiger partial charge in [-0.25, -0.2) is 0 Å². The molecule has 0 aromatic heterocycles. The molecule has 0 aromatic rings. The average Bonchev–Trinajstić information content (AvgIpc) is 3.22. The van der Waals surface area contributed by atoms with E-state index in [2.05, 4.69) is 33.9 Å². The Morgan fingerprint density at radius 1 is 0.727 bits per heavy atom. The minimum Gasteiger partial charge on any atom is -0.417 e. The topological polar surface area (TPSA) is 104 Å². The Balaban J connectivity index is 0.000000361. The molecule has 0 aromatic carbocycles. The lowest BCUT2D eigenvalue weighted by atomic mass is 10.2. The highest BCUT2D eigenvalue weighted by atomic mass is 28.4. The molecule has 9 heteroatoms. The number of amides is 4. The van der Waals surface area contributed by atoms with E-state index in [1.807, 2.05) is 0 Å². The van der Waals surface area contributed by atoms with Gasteiger partial charge in [0, 0.05) is 50.6 Å². The molecule has 0 atom stereocenters. The molecule has 2 heterocycles. The summed E-state index contributed by atoms with van der Waals surface area (Å²) in [5, 5.41) is 8.75. The summed E-state index contributed by atoms with van der Waals surface area (Å²) in [7, 11) is -1.64. The van der Waals surface area contributed by atoms with Crippen molar-refractivity contribution in [1.82, 2.24) is 9.80 Å². The van der Waals surface area contributed by atoms with E-state index in [4.69, 9.17) is 9.53 Å². The van der Waals surface area contributed by atoms with Gasteiger partial charge in [0.1, 0.15) is 0 Å². The number of hydrogen-bond donors (Lipinski definition) is 1. The average molecular weight is 481 g/mol. The summed E-state index contributed by atoms with van der Waals surface area (Å²) in [5.74, 6) is -0.831. The maximum atomic E-state index is 11.3. The molecule has 33 heavy (non-hydrogen) atoms. The summed E-state index contributed by atoms with van der Waals surface area (Å²) < 4.78 is 6.09. The van der Waals surface area contributed by atoms with E-state index >= 15 is 0 Å². The Labute approximate surface area is 198 Å². The van der Waals surface area contributed by atoms with Gasteiger partial charge in [-0.3, -0.25) is 29.0 Å². The van der Waals surface area contributed by atoms with Crippen LogP contribution in [-0.4, -0.2) is 73.2 Å². The van der Waals surface area contributed by atoms with Gasteiger partial charge in [0.15, 0.2) is 8.32 Å². The zero-order valence-electron chi connectivity index (χ0n) is 20.8. The van der Waals surface area contributed by atoms with Crippen LogP contribution in [0.5, 0.6) is 0 Å². The molecular formula is C24H40N2O6Si. The van der Waals surface area contributed by atoms with Gasteiger partial charge in [-0.15, -0.1) is 0 Å². The summed E-state index contributed by atoms with van der Waals surface area (Å²) >= 11 is 0. The minimum absolute atomic E-state index is 0.167. The molecule has 4 amide bonds. The second-order valence-electron chi connectivity index (χ2n) is 9.78. The summed E-state index contributed by atoms with van der Waals surface area (Å²) in [6, 6.07) is 0. The highest BCUT2D eigenvalue weighted by Crippen LogP contribution is 2.36. The van der Waals surface area contributed by atoms with E-state index in [1.165, 1.54) is 34.1 Å². The van der Waals surface area contributed by atoms with Crippen LogP contribution in [-0.2, 0) is 23.6 Å². The number of carbonyl (C=O) groups is 4. The monoisotopic (exact) mass is 480 g/mol. The van der Waals surface area contributed by atoms with Gasteiger partial charge in [0.25, 0.3) is 23.6 Å². The molecule has 1 N–H and O–H groups in total. The molecule has 2 rings (SSSR count). The molecule has 186 valence electrons.